The average Bonchev–Trinajstić information content (AvgIpc) is 3.03. The molecule has 0 radical (unpaired) electrons. The molecule has 43 heavy (non-hydrogen) atoms. The summed E-state index contributed by atoms with van der Waals surface area (Å²) in [5.41, 5.74) is 5.30. The molecular formula is C35H32N2O5S. The number of ketones is 2. The molecule has 5 rings (SSSR count). The van der Waals surface area contributed by atoms with Crippen molar-refractivity contribution in [3.05, 3.63) is 124 Å². The first-order chi connectivity index (χ1) is 20.8. The van der Waals surface area contributed by atoms with Crippen LogP contribution in [-0.2, 0) is 14.4 Å². The first-order valence-corrected chi connectivity index (χ1v) is 14.8. The van der Waals surface area contributed by atoms with Gasteiger partial charge in [-0.2, -0.15) is 0 Å². The second kappa shape index (κ2) is 13.6. The van der Waals surface area contributed by atoms with Gasteiger partial charge in [-0.15, -0.1) is 0 Å². The second-order valence-corrected chi connectivity index (χ2v) is 11.4. The molecule has 0 aromatic heterocycles. The standard InChI is InChI=1S/C35H32N2O5S/c1-23-4-5-24(2)32(22-23)33(36-42-25(3)38)35(40)28-10-16-31(17-11-28)43-30-14-8-27(9-15-30)34(39)26-6-12-29(13-7-26)37-18-20-41-21-19-37/h4-17,22H,18-21H2,1-3H3/b36-33+. The summed E-state index contributed by atoms with van der Waals surface area (Å²) in [4.78, 5) is 47.0. The molecule has 1 fully saturated rings. The highest BCUT2D eigenvalue weighted by atomic mass is 32.2. The Morgan fingerprint density at radius 3 is 1.91 bits per heavy atom. The van der Waals surface area contributed by atoms with Crippen LogP contribution in [0.1, 0.15) is 49.9 Å². The Labute approximate surface area is 255 Å². The van der Waals surface area contributed by atoms with E-state index in [1.165, 1.54) is 18.7 Å². The Balaban J connectivity index is 1.25. The highest BCUT2D eigenvalue weighted by molar-refractivity contribution is 7.99. The summed E-state index contributed by atoms with van der Waals surface area (Å²) in [6.07, 6.45) is 0. The van der Waals surface area contributed by atoms with Crippen LogP contribution >= 0.6 is 11.8 Å². The smallest absolute Gasteiger partial charge is 0.332 e. The summed E-state index contributed by atoms with van der Waals surface area (Å²) in [7, 11) is 0. The fraction of sp³-hybridized carbons (Fsp3) is 0.200. The molecule has 4 aromatic carbocycles. The molecule has 0 N–H and O–H groups in total. The normalized spacial score (nSPS) is 13.5. The molecule has 0 amide bonds. The molecule has 0 saturated carbocycles. The van der Waals surface area contributed by atoms with Gasteiger partial charge in [0, 0.05) is 57.7 Å². The van der Waals surface area contributed by atoms with Gasteiger partial charge in [0.05, 0.1) is 13.2 Å². The third-order valence-corrected chi connectivity index (χ3v) is 8.12. The summed E-state index contributed by atoms with van der Waals surface area (Å²) in [6, 6.07) is 28.1. The van der Waals surface area contributed by atoms with Crippen molar-refractivity contribution in [2.24, 2.45) is 5.16 Å². The molecule has 0 atom stereocenters. The Kier molecular flexibility index (Phi) is 9.49. The van der Waals surface area contributed by atoms with E-state index < -0.39 is 5.97 Å². The first kappa shape index (κ1) is 29.9. The van der Waals surface area contributed by atoms with E-state index in [1.54, 1.807) is 12.1 Å². The van der Waals surface area contributed by atoms with Crippen molar-refractivity contribution in [1.29, 1.82) is 0 Å². The highest BCUT2D eigenvalue weighted by Crippen LogP contribution is 2.29. The summed E-state index contributed by atoms with van der Waals surface area (Å²) < 4.78 is 5.42. The van der Waals surface area contributed by atoms with Gasteiger partial charge in [0.1, 0.15) is 0 Å². The SMILES string of the molecule is CC(=O)O/N=C(/C(=O)c1ccc(Sc2ccc(C(=O)c3ccc(N4CCOCC4)cc3)cc2)cc1)c1cc(C)ccc1C. The van der Waals surface area contributed by atoms with E-state index in [1.807, 2.05) is 92.7 Å². The van der Waals surface area contributed by atoms with Crippen molar-refractivity contribution in [1.82, 2.24) is 0 Å². The van der Waals surface area contributed by atoms with Crippen molar-refractivity contribution < 1.29 is 24.0 Å². The van der Waals surface area contributed by atoms with Crippen LogP contribution in [-0.4, -0.2) is 49.6 Å². The van der Waals surface area contributed by atoms with E-state index in [4.69, 9.17) is 9.57 Å². The van der Waals surface area contributed by atoms with Crippen molar-refractivity contribution in [3.8, 4) is 0 Å². The van der Waals surface area contributed by atoms with Crippen molar-refractivity contribution >= 4 is 40.7 Å². The maximum absolute atomic E-state index is 13.4. The molecule has 1 heterocycles. The van der Waals surface area contributed by atoms with Crippen molar-refractivity contribution in [2.75, 3.05) is 31.2 Å². The van der Waals surface area contributed by atoms with Gasteiger partial charge in [0.25, 0.3) is 0 Å². The number of anilines is 1. The van der Waals surface area contributed by atoms with Crippen molar-refractivity contribution in [3.63, 3.8) is 0 Å². The number of carbonyl (C=O) groups excluding carboxylic acids is 3. The first-order valence-electron chi connectivity index (χ1n) is 14.0. The van der Waals surface area contributed by atoms with Gasteiger partial charge in [0.2, 0.25) is 5.78 Å². The largest absolute Gasteiger partial charge is 0.378 e. The Bertz CT molecular complexity index is 1660. The summed E-state index contributed by atoms with van der Waals surface area (Å²) in [6.45, 7) is 8.19. The molecule has 7 nitrogen and oxygen atoms in total. The minimum atomic E-state index is -0.600. The van der Waals surface area contributed by atoms with Gasteiger partial charge in [-0.3, -0.25) is 9.59 Å². The lowest BCUT2D eigenvalue weighted by Crippen LogP contribution is -2.36. The second-order valence-electron chi connectivity index (χ2n) is 10.3. The summed E-state index contributed by atoms with van der Waals surface area (Å²) in [5, 5.41) is 3.91. The average molecular weight is 593 g/mol. The number of hydrogen-bond acceptors (Lipinski definition) is 8. The molecule has 1 aliphatic heterocycles. The maximum Gasteiger partial charge on any atom is 0.332 e. The van der Waals surface area contributed by atoms with Crippen LogP contribution in [0, 0.1) is 13.8 Å². The van der Waals surface area contributed by atoms with E-state index >= 15 is 0 Å². The zero-order valence-corrected chi connectivity index (χ0v) is 25.1. The minimum absolute atomic E-state index is 0.0250. The van der Waals surface area contributed by atoms with Gasteiger partial charge in [-0.05, 0) is 98.3 Å². The number of benzene rings is 4. The van der Waals surface area contributed by atoms with Crippen LogP contribution in [0.5, 0.6) is 0 Å². The third-order valence-electron chi connectivity index (χ3n) is 7.10. The molecule has 0 spiro atoms. The Hall–Kier alpha value is -4.53. The lowest BCUT2D eigenvalue weighted by molar-refractivity contribution is -0.140. The molecule has 1 saturated heterocycles. The molecule has 1 aliphatic rings. The zero-order chi connectivity index (χ0) is 30.3. The van der Waals surface area contributed by atoms with Crippen molar-refractivity contribution in [2.45, 2.75) is 30.6 Å². The number of oxime groups is 1. The Morgan fingerprint density at radius 2 is 1.33 bits per heavy atom. The lowest BCUT2D eigenvalue weighted by Gasteiger charge is -2.28. The van der Waals surface area contributed by atoms with Crippen LogP contribution in [0.4, 0.5) is 5.69 Å². The number of rotatable bonds is 9. The fourth-order valence-corrected chi connectivity index (χ4v) is 5.56. The number of nitrogens with zero attached hydrogens (tertiary/aromatic N) is 2. The van der Waals surface area contributed by atoms with Gasteiger partial charge in [0.15, 0.2) is 11.5 Å². The topological polar surface area (TPSA) is 85.3 Å². The predicted molar refractivity (Wildman–Crippen MR) is 168 cm³/mol. The zero-order valence-electron chi connectivity index (χ0n) is 24.3. The van der Waals surface area contributed by atoms with Crippen LogP contribution in [0.25, 0.3) is 0 Å². The third kappa shape index (κ3) is 7.46. The highest BCUT2D eigenvalue weighted by Gasteiger charge is 2.20. The molecule has 0 unspecified atom stereocenters. The van der Waals surface area contributed by atoms with E-state index in [0.29, 0.717) is 35.5 Å². The number of hydrogen-bond donors (Lipinski definition) is 0. The number of Topliss-reactive ketones (excluding diaryl/α,β-unsaturated/α-hetero) is 1. The van der Waals surface area contributed by atoms with Crippen LogP contribution in [0.2, 0.25) is 0 Å². The van der Waals surface area contributed by atoms with Gasteiger partial charge in [-0.25, -0.2) is 4.79 Å². The number of carbonyl (C=O) groups is 3. The number of aryl methyl sites for hydroxylation is 2. The van der Waals surface area contributed by atoms with E-state index in [0.717, 1.165) is 39.7 Å². The van der Waals surface area contributed by atoms with E-state index in [2.05, 4.69) is 10.1 Å². The molecule has 218 valence electrons. The van der Waals surface area contributed by atoms with Crippen LogP contribution in [0.15, 0.2) is 106 Å². The summed E-state index contributed by atoms with van der Waals surface area (Å²) >= 11 is 1.53. The monoisotopic (exact) mass is 592 g/mol. The quantitative estimate of drug-likeness (QED) is 0.0929. The maximum atomic E-state index is 13.4. The summed E-state index contributed by atoms with van der Waals surface area (Å²) in [5.74, 6) is -0.966. The van der Waals surface area contributed by atoms with Gasteiger partial charge >= 0.3 is 5.97 Å². The number of morpholine rings is 1. The van der Waals surface area contributed by atoms with Crippen LogP contribution in [0.3, 0.4) is 0 Å². The molecule has 8 heteroatoms. The molecular weight excluding hydrogens is 560 g/mol. The minimum Gasteiger partial charge on any atom is -0.378 e. The lowest BCUT2D eigenvalue weighted by atomic mass is 9.96. The fourth-order valence-electron chi connectivity index (χ4n) is 4.75. The number of ether oxygens (including phenoxy) is 1. The van der Waals surface area contributed by atoms with E-state index in [9.17, 15) is 14.4 Å². The molecule has 0 aliphatic carbocycles. The van der Waals surface area contributed by atoms with Gasteiger partial charge in [-0.1, -0.05) is 34.6 Å². The van der Waals surface area contributed by atoms with Crippen LogP contribution < -0.4 is 4.90 Å². The molecule has 0 bridgehead atoms. The van der Waals surface area contributed by atoms with Gasteiger partial charge < -0.3 is 14.5 Å². The Morgan fingerprint density at radius 1 is 0.767 bits per heavy atom. The predicted octanol–water partition coefficient (Wildman–Crippen LogP) is 6.67. The molecule has 4 aromatic rings. The van der Waals surface area contributed by atoms with E-state index in [-0.39, 0.29) is 17.3 Å².